The number of aliphatic hydroxyl groups is 2. The minimum absolute atomic E-state index is 0.0466. The molecule has 1 aliphatic rings. The molecule has 1 aliphatic heterocycles. The summed E-state index contributed by atoms with van der Waals surface area (Å²) in [5.74, 6) is -3.58. The molecular formula is C27H38N4O7. The normalized spacial score (nSPS) is 15.9. The number of rotatable bonds is 9. The highest BCUT2D eigenvalue weighted by Gasteiger charge is 2.29. The Morgan fingerprint density at radius 3 is 2.11 bits per heavy atom. The summed E-state index contributed by atoms with van der Waals surface area (Å²) in [6.45, 7) is 6.28. The Bertz CT molecular complexity index is 1050. The van der Waals surface area contributed by atoms with Crippen LogP contribution in [-0.4, -0.2) is 112 Å². The molecule has 0 aliphatic carbocycles. The van der Waals surface area contributed by atoms with Gasteiger partial charge in [-0.25, -0.2) is 9.59 Å². The molecule has 3 rings (SSSR count). The number of benzene rings is 2. The van der Waals surface area contributed by atoms with Gasteiger partial charge in [0.25, 0.3) is 0 Å². The molecule has 2 aromatic carbocycles. The molecule has 11 nitrogen and oxygen atoms in total. The van der Waals surface area contributed by atoms with Gasteiger partial charge in [-0.15, -0.1) is 0 Å². The summed E-state index contributed by atoms with van der Waals surface area (Å²) in [5.41, 5.74) is 10.3. The van der Waals surface area contributed by atoms with E-state index in [0.717, 1.165) is 25.2 Å². The summed E-state index contributed by atoms with van der Waals surface area (Å²) in [4.78, 5) is 37.9. The summed E-state index contributed by atoms with van der Waals surface area (Å²) in [6.07, 6.45) is -3.29. The summed E-state index contributed by atoms with van der Waals surface area (Å²) in [6, 6.07) is 17.2. The van der Waals surface area contributed by atoms with Crippen LogP contribution in [0.15, 0.2) is 48.5 Å². The average Bonchev–Trinajstić information content (AvgIpc) is 3.11. The van der Waals surface area contributed by atoms with E-state index in [1.165, 1.54) is 36.2 Å². The molecule has 0 bridgehead atoms. The van der Waals surface area contributed by atoms with E-state index in [2.05, 4.69) is 59.3 Å². The topological polar surface area (TPSA) is 168 Å². The number of carboxylic acid groups (broad SMARTS) is 2. The van der Waals surface area contributed by atoms with E-state index < -0.39 is 24.1 Å². The van der Waals surface area contributed by atoms with Crippen LogP contribution in [0, 0.1) is 0 Å². The zero-order chi connectivity index (χ0) is 28.2. The minimum atomic E-state index is -2.27. The van der Waals surface area contributed by atoms with E-state index in [-0.39, 0.29) is 12.5 Å². The van der Waals surface area contributed by atoms with Crippen molar-refractivity contribution in [1.82, 2.24) is 14.7 Å². The molecule has 11 heteroatoms. The van der Waals surface area contributed by atoms with Gasteiger partial charge in [-0.3, -0.25) is 9.69 Å². The lowest BCUT2D eigenvalue weighted by Crippen LogP contribution is -2.39. The first-order chi connectivity index (χ1) is 18.0. The lowest BCUT2D eigenvalue weighted by atomic mass is 10.0. The molecule has 2 aromatic rings. The molecule has 0 unspecified atom stereocenters. The van der Waals surface area contributed by atoms with Crippen molar-refractivity contribution in [2.75, 3.05) is 46.8 Å². The summed E-state index contributed by atoms with van der Waals surface area (Å²) < 4.78 is 0. The number of carbonyl (C=O) groups excluding carboxylic acids is 1. The monoisotopic (exact) mass is 530 g/mol. The SMILES string of the molecule is CN1CCCN(Cc2ccc(-c3cccc(CN(C)C(=O)CN)c3)cc2)CC1.O=C(O)[C@H](O)[C@@H](O)C(=O)O. The van der Waals surface area contributed by atoms with Crippen LogP contribution in [-0.2, 0) is 27.5 Å². The smallest absolute Gasteiger partial charge is 0.335 e. The van der Waals surface area contributed by atoms with Gasteiger partial charge in [0.1, 0.15) is 0 Å². The lowest BCUT2D eigenvalue weighted by molar-refractivity contribution is -0.165. The van der Waals surface area contributed by atoms with E-state index in [1.807, 2.05) is 6.07 Å². The molecule has 38 heavy (non-hydrogen) atoms. The number of aliphatic carboxylic acids is 2. The third kappa shape index (κ3) is 9.84. The maximum atomic E-state index is 11.7. The standard InChI is InChI=1S/C23H32N4O.C4H6O6/c1-25-11-4-12-27(14-13-25)18-19-7-9-21(10-8-19)22-6-3-5-20(15-22)17-26(2)23(28)16-24;5-1(3(7)8)2(6)4(9)10/h3,5-10,15H,4,11-14,16-18,24H2,1-2H3;1-2,5-6H,(H,7,8)(H,9,10)/t;1-,2-/m.1/s1. The number of aliphatic hydroxyl groups excluding tert-OH is 2. The van der Waals surface area contributed by atoms with E-state index in [1.54, 1.807) is 11.9 Å². The molecule has 1 amide bonds. The number of nitrogens with zero attached hydrogens (tertiary/aromatic N) is 3. The maximum Gasteiger partial charge on any atom is 0.335 e. The number of hydrogen-bond donors (Lipinski definition) is 5. The van der Waals surface area contributed by atoms with Gasteiger partial charge >= 0.3 is 11.9 Å². The summed E-state index contributed by atoms with van der Waals surface area (Å²) in [7, 11) is 3.99. The quantitative estimate of drug-likeness (QED) is 0.304. The molecule has 0 spiro atoms. The first-order valence-corrected chi connectivity index (χ1v) is 12.4. The number of carboxylic acids is 2. The van der Waals surface area contributed by atoms with Gasteiger partial charge in [-0.2, -0.15) is 0 Å². The van der Waals surface area contributed by atoms with E-state index in [9.17, 15) is 14.4 Å². The Kier molecular flexibility index (Phi) is 12.3. The second-order valence-corrected chi connectivity index (χ2v) is 9.35. The Morgan fingerprint density at radius 2 is 1.53 bits per heavy atom. The average molecular weight is 531 g/mol. The van der Waals surface area contributed by atoms with Crippen LogP contribution in [0.1, 0.15) is 17.5 Å². The first-order valence-electron chi connectivity index (χ1n) is 12.4. The van der Waals surface area contributed by atoms with Gasteiger partial charge < -0.3 is 36.0 Å². The fraction of sp³-hybridized carbons (Fsp3) is 0.444. The Hall–Kier alpha value is -3.35. The van der Waals surface area contributed by atoms with Crippen LogP contribution in [0.2, 0.25) is 0 Å². The Balaban J connectivity index is 0.000000432. The highest BCUT2D eigenvalue weighted by molar-refractivity contribution is 5.83. The van der Waals surface area contributed by atoms with E-state index in [0.29, 0.717) is 6.54 Å². The highest BCUT2D eigenvalue weighted by Crippen LogP contribution is 2.22. The molecule has 0 radical (unpaired) electrons. The molecule has 0 saturated carbocycles. The second-order valence-electron chi connectivity index (χ2n) is 9.35. The zero-order valence-electron chi connectivity index (χ0n) is 21.9. The van der Waals surface area contributed by atoms with Crippen molar-refractivity contribution in [3.8, 4) is 11.1 Å². The maximum absolute atomic E-state index is 11.7. The molecular weight excluding hydrogens is 492 g/mol. The van der Waals surface area contributed by atoms with Gasteiger partial charge in [0, 0.05) is 33.2 Å². The predicted octanol–water partition coefficient (Wildman–Crippen LogP) is 0.286. The van der Waals surface area contributed by atoms with Crippen LogP contribution < -0.4 is 5.73 Å². The molecule has 0 aromatic heterocycles. The van der Waals surface area contributed by atoms with Gasteiger partial charge in [-0.05, 0) is 54.9 Å². The zero-order valence-corrected chi connectivity index (χ0v) is 21.9. The van der Waals surface area contributed by atoms with Crippen LogP contribution in [0.4, 0.5) is 0 Å². The van der Waals surface area contributed by atoms with Crippen molar-refractivity contribution < 1.29 is 34.8 Å². The van der Waals surface area contributed by atoms with Gasteiger partial charge in [0.05, 0.1) is 6.54 Å². The molecule has 6 N–H and O–H groups in total. The number of amides is 1. The highest BCUT2D eigenvalue weighted by atomic mass is 16.4. The fourth-order valence-electron chi connectivity index (χ4n) is 3.96. The van der Waals surface area contributed by atoms with Gasteiger partial charge in [0.2, 0.25) is 5.91 Å². The Labute approximate surface area is 222 Å². The van der Waals surface area contributed by atoms with E-state index in [4.69, 9.17) is 26.2 Å². The van der Waals surface area contributed by atoms with Crippen molar-refractivity contribution in [3.05, 3.63) is 59.7 Å². The minimum Gasteiger partial charge on any atom is -0.479 e. The van der Waals surface area contributed by atoms with Crippen molar-refractivity contribution in [2.45, 2.75) is 31.7 Å². The third-order valence-electron chi connectivity index (χ3n) is 6.26. The molecule has 208 valence electrons. The first kappa shape index (κ1) is 30.9. The lowest BCUT2D eigenvalue weighted by Gasteiger charge is -2.20. The predicted molar refractivity (Wildman–Crippen MR) is 142 cm³/mol. The van der Waals surface area contributed by atoms with Crippen molar-refractivity contribution in [2.24, 2.45) is 5.73 Å². The number of carbonyl (C=O) groups is 3. The summed E-state index contributed by atoms with van der Waals surface area (Å²) in [5, 5.41) is 32.5. The fourth-order valence-corrected chi connectivity index (χ4v) is 3.96. The second kappa shape index (κ2) is 15.2. The molecule has 1 saturated heterocycles. The summed E-state index contributed by atoms with van der Waals surface area (Å²) >= 11 is 0. The number of likely N-dealkylation sites (N-methyl/N-ethyl adjacent to an activating group) is 2. The Morgan fingerprint density at radius 1 is 0.895 bits per heavy atom. The largest absolute Gasteiger partial charge is 0.479 e. The van der Waals surface area contributed by atoms with Gasteiger partial charge in [0.15, 0.2) is 12.2 Å². The number of nitrogens with two attached hydrogens (primary N) is 1. The van der Waals surface area contributed by atoms with Crippen LogP contribution in [0.5, 0.6) is 0 Å². The molecule has 1 heterocycles. The number of hydrogen-bond acceptors (Lipinski definition) is 8. The van der Waals surface area contributed by atoms with Crippen LogP contribution in [0.25, 0.3) is 11.1 Å². The van der Waals surface area contributed by atoms with Crippen molar-refractivity contribution in [3.63, 3.8) is 0 Å². The van der Waals surface area contributed by atoms with Crippen LogP contribution in [0.3, 0.4) is 0 Å². The van der Waals surface area contributed by atoms with Crippen molar-refractivity contribution in [1.29, 1.82) is 0 Å². The van der Waals surface area contributed by atoms with Crippen molar-refractivity contribution >= 4 is 17.8 Å². The molecule has 1 fully saturated rings. The molecule has 2 atom stereocenters. The van der Waals surface area contributed by atoms with E-state index >= 15 is 0 Å². The van der Waals surface area contributed by atoms with Crippen LogP contribution >= 0.6 is 0 Å². The van der Waals surface area contributed by atoms with Gasteiger partial charge in [-0.1, -0.05) is 42.5 Å². The third-order valence-corrected chi connectivity index (χ3v) is 6.26.